The SMILES string of the molecule is Cc1c(NS(=O)(=O)c2cc(C(=O)N3CC(C)(C)C3c3nccn3CC3CC3)cc(Cl)c2Cl)c(=O)n(-c2ccccc2)n1C. The van der Waals surface area contributed by atoms with Gasteiger partial charge in [0.25, 0.3) is 21.5 Å². The molecular formula is C30H32Cl2N6O4S. The number of benzene rings is 2. The summed E-state index contributed by atoms with van der Waals surface area (Å²) in [6, 6.07) is 11.2. The van der Waals surface area contributed by atoms with Gasteiger partial charge in [0.05, 0.1) is 27.5 Å². The van der Waals surface area contributed by atoms with E-state index in [1.165, 1.54) is 29.7 Å². The maximum atomic E-state index is 13.9. The highest BCUT2D eigenvalue weighted by Crippen LogP contribution is 2.49. The highest BCUT2D eigenvalue weighted by atomic mass is 35.5. The van der Waals surface area contributed by atoms with Crippen molar-refractivity contribution >= 4 is 44.8 Å². The first-order valence-corrected chi connectivity index (χ1v) is 16.2. The van der Waals surface area contributed by atoms with Crippen LogP contribution in [-0.2, 0) is 23.6 Å². The Balaban J connectivity index is 1.33. The van der Waals surface area contributed by atoms with Crippen molar-refractivity contribution in [2.24, 2.45) is 18.4 Å². The van der Waals surface area contributed by atoms with Crippen molar-refractivity contribution in [1.29, 1.82) is 0 Å². The zero-order chi connectivity index (χ0) is 30.8. The van der Waals surface area contributed by atoms with Gasteiger partial charge in [0.2, 0.25) is 0 Å². The van der Waals surface area contributed by atoms with Crippen LogP contribution in [0.4, 0.5) is 5.69 Å². The van der Waals surface area contributed by atoms with Crippen molar-refractivity contribution in [3.8, 4) is 5.69 Å². The van der Waals surface area contributed by atoms with Gasteiger partial charge in [-0.15, -0.1) is 0 Å². The fourth-order valence-electron chi connectivity index (χ4n) is 5.83. The van der Waals surface area contributed by atoms with Gasteiger partial charge in [-0.25, -0.2) is 18.1 Å². The molecule has 1 aliphatic carbocycles. The van der Waals surface area contributed by atoms with Gasteiger partial charge in [0.15, 0.2) is 0 Å². The Morgan fingerprint density at radius 1 is 1.14 bits per heavy atom. The molecule has 10 nitrogen and oxygen atoms in total. The van der Waals surface area contributed by atoms with E-state index in [0.717, 1.165) is 12.4 Å². The standard InChI is InChI=1S/C30H32Cl2N6O4S/c1-18-25(29(40)38(35(18)4)21-8-6-5-7-9-21)34-43(41,42)23-15-20(14-22(31)24(23)32)28(39)37-17-30(2,3)26(37)27-33-12-13-36(27)16-19-10-11-19/h5-9,12-15,19,26,34H,10-11,16-17H2,1-4H3. The molecule has 0 bridgehead atoms. The molecule has 0 spiro atoms. The number of carbonyl (C=O) groups is 1. The van der Waals surface area contributed by atoms with Crippen molar-refractivity contribution in [3.05, 3.63) is 92.3 Å². The number of sulfonamides is 1. The number of hydrogen-bond donors (Lipinski definition) is 1. The number of aromatic nitrogens is 4. The second kappa shape index (κ2) is 10.6. The molecule has 13 heteroatoms. The van der Waals surface area contributed by atoms with Crippen LogP contribution >= 0.6 is 23.2 Å². The number of anilines is 1. The number of nitrogens with zero attached hydrogens (tertiary/aromatic N) is 5. The van der Waals surface area contributed by atoms with Gasteiger partial charge in [0.1, 0.15) is 16.4 Å². The Hall–Kier alpha value is -3.54. The lowest BCUT2D eigenvalue weighted by molar-refractivity contribution is -0.0380. The van der Waals surface area contributed by atoms with E-state index in [-0.39, 0.29) is 38.7 Å². The fraction of sp³-hybridized carbons (Fsp3) is 0.367. The van der Waals surface area contributed by atoms with Crippen LogP contribution in [0.25, 0.3) is 5.69 Å². The summed E-state index contributed by atoms with van der Waals surface area (Å²) < 4.78 is 34.9. The molecule has 1 unspecified atom stereocenters. The first-order valence-electron chi connectivity index (χ1n) is 14.0. The van der Waals surface area contributed by atoms with Gasteiger partial charge in [-0.3, -0.25) is 19.0 Å². The molecule has 3 heterocycles. The molecule has 2 aromatic heterocycles. The topological polar surface area (TPSA) is 111 Å². The molecule has 1 amide bonds. The lowest BCUT2D eigenvalue weighted by Gasteiger charge is -2.53. The number of nitrogens with one attached hydrogen (secondary N) is 1. The Labute approximate surface area is 259 Å². The van der Waals surface area contributed by atoms with E-state index < -0.39 is 20.5 Å². The zero-order valence-electron chi connectivity index (χ0n) is 24.2. The van der Waals surface area contributed by atoms with Crippen LogP contribution in [0.3, 0.4) is 0 Å². The summed E-state index contributed by atoms with van der Waals surface area (Å²) in [5.74, 6) is 1.05. The summed E-state index contributed by atoms with van der Waals surface area (Å²) in [6.45, 7) is 7.10. The lowest BCUT2D eigenvalue weighted by atomic mass is 9.74. The highest BCUT2D eigenvalue weighted by Gasteiger charge is 2.51. The average molecular weight is 644 g/mol. The number of para-hydroxylation sites is 1. The number of rotatable bonds is 8. The molecule has 0 radical (unpaired) electrons. The first kappa shape index (κ1) is 29.5. The number of amides is 1. The van der Waals surface area contributed by atoms with Crippen LogP contribution in [0.2, 0.25) is 10.0 Å². The third-order valence-electron chi connectivity index (χ3n) is 8.36. The van der Waals surface area contributed by atoms with Crippen molar-refractivity contribution in [1.82, 2.24) is 23.8 Å². The normalized spacial score (nSPS) is 18.0. The Morgan fingerprint density at radius 3 is 2.49 bits per heavy atom. The highest BCUT2D eigenvalue weighted by molar-refractivity contribution is 7.92. The van der Waals surface area contributed by atoms with E-state index >= 15 is 0 Å². The maximum Gasteiger partial charge on any atom is 0.296 e. The van der Waals surface area contributed by atoms with E-state index in [1.54, 1.807) is 54.0 Å². The van der Waals surface area contributed by atoms with Gasteiger partial charge >= 0.3 is 0 Å². The van der Waals surface area contributed by atoms with Gasteiger partial charge in [-0.1, -0.05) is 55.2 Å². The minimum atomic E-state index is -4.44. The van der Waals surface area contributed by atoms with Gasteiger partial charge in [-0.2, -0.15) is 0 Å². The van der Waals surface area contributed by atoms with Crippen LogP contribution in [0, 0.1) is 18.3 Å². The molecule has 43 heavy (non-hydrogen) atoms. The smallest absolute Gasteiger partial charge is 0.296 e. The minimum Gasteiger partial charge on any atom is -0.333 e. The molecule has 1 atom stereocenters. The van der Waals surface area contributed by atoms with Gasteiger partial charge in [-0.05, 0) is 49.9 Å². The van der Waals surface area contributed by atoms with E-state index in [0.29, 0.717) is 23.8 Å². The van der Waals surface area contributed by atoms with E-state index in [2.05, 4.69) is 28.1 Å². The Bertz CT molecular complexity index is 1910. The molecule has 2 fully saturated rings. The van der Waals surface area contributed by atoms with Crippen LogP contribution in [0.15, 0.2) is 64.5 Å². The van der Waals surface area contributed by atoms with Crippen LogP contribution < -0.4 is 10.3 Å². The van der Waals surface area contributed by atoms with Crippen LogP contribution in [0.1, 0.15) is 54.6 Å². The summed E-state index contributed by atoms with van der Waals surface area (Å²) in [5.41, 5.74) is 0.0978. The van der Waals surface area contributed by atoms with Crippen molar-refractivity contribution in [2.45, 2.75) is 51.1 Å². The molecular weight excluding hydrogens is 611 g/mol. The monoisotopic (exact) mass is 642 g/mol. The predicted octanol–water partition coefficient (Wildman–Crippen LogP) is 5.42. The third kappa shape index (κ3) is 5.17. The van der Waals surface area contributed by atoms with Crippen molar-refractivity contribution in [3.63, 3.8) is 0 Å². The first-order chi connectivity index (χ1) is 20.3. The lowest BCUT2D eigenvalue weighted by Crippen LogP contribution is -2.58. The average Bonchev–Trinajstić information content (AvgIpc) is 3.63. The quantitative estimate of drug-likeness (QED) is 0.276. The molecule has 1 saturated carbocycles. The Kier molecular flexibility index (Phi) is 7.26. The zero-order valence-corrected chi connectivity index (χ0v) is 26.5. The molecule has 226 valence electrons. The molecule has 6 rings (SSSR count). The van der Waals surface area contributed by atoms with E-state index in [9.17, 15) is 18.0 Å². The summed E-state index contributed by atoms with van der Waals surface area (Å²) in [5, 5.41) is -0.339. The molecule has 2 aromatic carbocycles. The molecule has 1 saturated heterocycles. The number of likely N-dealkylation sites (tertiary alicyclic amines) is 1. The molecule has 2 aliphatic rings. The van der Waals surface area contributed by atoms with Gasteiger partial charge < -0.3 is 9.47 Å². The Morgan fingerprint density at radius 2 is 1.84 bits per heavy atom. The fourth-order valence-corrected chi connectivity index (χ4v) is 7.76. The second-order valence-corrected chi connectivity index (χ2v) is 14.5. The number of carbonyl (C=O) groups excluding carboxylic acids is 1. The molecule has 1 aliphatic heterocycles. The number of halogens is 2. The maximum absolute atomic E-state index is 13.9. The van der Waals surface area contributed by atoms with Gasteiger partial charge in [0, 0.05) is 43.5 Å². The third-order valence-corrected chi connectivity index (χ3v) is 10.6. The van der Waals surface area contributed by atoms with Crippen molar-refractivity contribution in [2.75, 3.05) is 11.3 Å². The molecule has 4 aromatic rings. The van der Waals surface area contributed by atoms with Crippen LogP contribution in [-0.4, -0.2) is 44.7 Å². The number of hydrogen-bond acceptors (Lipinski definition) is 5. The summed E-state index contributed by atoms with van der Waals surface area (Å²) in [4.78, 5) is 33.2. The summed E-state index contributed by atoms with van der Waals surface area (Å²) >= 11 is 12.8. The largest absolute Gasteiger partial charge is 0.333 e. The van der Waals surface area contributed by atoms with E-state index in [1.807, 2.05) is 12.3 Å². The minimum absolute atomic E-state index is 0.0713. The molecule has 1 N–H and O–H groups in total. The number of imidazole rings is 1. The van der Waals surface area contributed by atoms with E-state index in [4.69, 9.17) is 23.2 Å². The summed E-state index contributed by atoms with van der Waals surface area (Å²) in [7, 11) is -2.78. The summed E-state index contributed by atoms with van der Waals surface area (Å²) in [6.07, 6.45) is 6.07. The van der Waals surface area contributed by atoms with Crippen LogP contribution in [0.5, 0.6) is 0 Å². The predicted molar refractivity (Wildman–Crippen MR) is 166 cm³/mol. The van der Waals surface area contributed by atoms with Crippen molar-refractivity contribution < 1.29 is 13.2 Å². The second-order valence-electron chi connectivity index (χ2n) is 12.0.